The standard InChI is InChI=1S/C18H19FN4O2/c1-10(20-3)9-21-17(24)14-8-15(12-4-6-13(19)7-5-12)22-18-16(14)11(2)23-25-18/h4-8,10,20H,9H2,1-3H3,(H,21,24). The Morgan fingerprint density at radius 3 is 2.72 bits per heavy atom. The molecule has 2 heterocycles. The van der Waals surface area contributed by atoms with Crippen LogP contribution in [-0.4, -0.2) is 35.7 Å². The van der Waals surface area contributed by atoms with Crippen molar-refractivity contribution in [2.75, 3.05) is 13.6 Å². The van der Waals surface area contributed by atoms with E-state index in [-0.39, 0.29) is 23.5 Å². The minimum Gasteiger partial charge on any atom is -0.350 e. The zero-order valence-corrected chi connectivity index (χ0v) is 14.3. The molecule has 0 aliphatic rings. The molecular formula is C18H19FN4O2. The van der Waals surface area contributed by atoms with Crippen molar-refractivity contribution in [2.45, 2.75) is 19.9 Å². The van der Waals surface area contributed by atoms with Gasteiger partial charge in [-0.25, -0.2) is 9.37 Å². The van der Waals surface area contributed by atoms with E-state index < -0.39 is 0 Å². The summed E-state index contributed by atoms with van der Waals surface area (Å²) in [6, 6.07) is 7.73. The quantitative estimate of drug-likeness (QED) is 0.745. The zero-order chi connectivity index (χ0) is 18.0. The predicted molar refractivity (Wildman–Crippen MR) is 92.8 cm³/mol. The van der Waals surface area contributed by atoms with Crippen LogP contribution in [0.25, 0.3) is 22.4 Å². The Balaban J connectivity index is 2.04. The van der Waals surface area contributed by atoms with E-state index >= 15 is 0 Å². The van der Waals surface area contributed by atoms with E-state index in [4.69, 9.17) is 4.52 Å². The van der Waals surface area contributed by atoms with Crippen molar-refractivity contribution in [2.24, 2.45) is 0 Å². The van der Waals surface area contributed by atoms with Gasteiger partial charge < -0.3 is 15.2 Å². The maximum atomic E-state index is 13.2. The van der Waals surface area contributed by atoms with Gasteiger partial charge in [-0.15, -0.1) is 0 Å². The molecule has 3 rings (SSSR count). The van der Waals surface area contributed by atoms with Gasteiger partial charge in [0.25, 0.3) is 11.6 Å². The van der Waals surface area contributed by atoms with Crippen LogP contribution in [0.2, 0.25) is 0 Å². The number of halogens is 1. The summed E-state index contributed by atoms with van der Waals surface area (Å²) in [5.74, 6) is -0.566. The van der Waals surface area contributed by atoms with Crippen molar-refractivity contribution in [3.05, 3.63) is 47.4 Å². The minimum atomic E-state index is -0.334. The first-order chi connectivity index (χ1) is 12.0. The number of likely N-dealkylation sites (N-methyl/N-ethyl adjacent to an activating group) is 1. The topological polar surface area (TPSA) is 80.0 Å². The fraction of sp³-hybridized carbons (Fsp3) is 0.278. The van der Waals surface area contributed by atoms with E-state index in [1.807, 2.05) is 14.0 Å². The molecule has 0 spiro atoms. The number of hydrogen-bond acceptors (Lipinski definition) is 5. The van der Waals surface area contributed by atoms with Gasteiger partial charge in [0.2, 0.25) is 0 Å². The summed E-state index contributed by atoms with van der Waals surface area (Å²) in [6.45, 7) is 4.21. The number of benzene rings is 1. The predicted octanol–water partition coefficient (Wildman–Crippen LogP) is 2.68. The number of carbonyl (C=O) groups excluding carboxylic acids is 1. The number of aryl methyl sites for hydroxylation is 1. The number of aromatic nitrogens is 2. The SMILES string of the molecule is CNC(C)CNC(=O)c1cc(-c2ccc(F)cc2)nc2onc(C)c12. The van der Waals surface area contributed by atoms with Crippen molar-refractivity contribution in [1.82, 2.24) is 20.8 Å². The van der Waals surface area contributed by atoms with Crippen LogP contribution in [0.5, 0.6) is 0 Å². The van der Waals surface area contributed by atoms with Gasteiger partial charge in [-0.05, 0) is 51.2 Å². The molecule has 1 aromatic carbocycles. The Morgan fingerprint density at radius 2 is 2.04 bits per heavy atom. The highest BCUT2D eigenvalue weighted by Crippen LogP contribution is 2.27. The summed E-state index contributed by atoms with van der Waals surface area (Å²) in [6.07, 6.45) is 0. The number of pyridine rings is 1. The minimum absolute atomic E-state index is 0.140. The van der Waals surface area contributed by atoms with Crippen molar-refractivity contribution in [3.8, 4) is 11.3 Å². The second-order valence-electron chi connectivity index (χ2n) is 5.91. The van der Waals surface area contributed by atoms with Crippen molar-refractivity contribution >= 4 is 17.0 Å². The lowest BCUT2D eigenvalue weighted by Gasteiger charge is -2.12. The Labute approximate surface area is 144 Å². The summed E-state index contributed by atoms with van der Waals surface area (Å²) >= 11 is 0. The van der Waals surface area contributed by atoms with Crippen LogP contribution < -0.4 is 10.6 Å². The van der Waals surface area contributed by atoms with Gasteiger partial charge in [-0.3, -0.25) is 4.79 Å². The molecule has 1 atom stereocenters. The Bertz CT molecular complexity index is 905. The number of nitrogens with zero attached hydrogens (tertiary/aromatic N) is 2. The van der Waals surface area contributed by atoms with Gasteiger partial charge in [0.15, 0.2) is 0 Å². The van der Waals surface area contributed by atoms with Crippen molar-refractivity contribution in [3.63, 3.8) is 0 Å². The molecule has 0 aliphatic carbocycles. The third-order valence-electron chi connectivity index (χ3n) is 4.06. The molecule has 1 amide bonds. The first-order valence-electron chi connectivity index (χ1n) is 7.98. The van der Waals surface area contributed by atoms with E-state index in [9.17, 15) is 9.18 Å². The van der Waals surface area contributed by atoms with E-state index in [0.717, 1.165) is 0 Å². The molecule has 0 bridgehead atoms. The van der Waals surface area contributed by atoms with Gasteiger partial charge in [-0.1, -0.05) is 5.16 Å². The number of hydrogen-bond donors (Lipinski definition) is 2. The second-order valence-corrected chi connectivity index (χ2v) is 5.91. The fourth-order valence-corrected chi connectivity index (χ4v) is 2.49. The molecule has 6 nitrogen and oxygen atoms in total. The number of fused-ring (bicyclic) bond motifs is 1. The summed E-state index contributed by atoms with van der Waals surface area (Å²) in [5, 5.41) is 10.4. The molecule has 3 aromatic rings. The first kappa shape index (κ1) is 17.0. The van der Waals surface area contributed by atoms with Gasteiger partial charge in [0, 0.05) is 18.2 Å². The highest BCUT2D eigenvalue weighted by atomic mass is 19.1. The molecule has 130 valence electrons. The van der Waals surface area contributed by atoms with Gasteiger partial charge in [-0.2, -0.15) is 0 Å². The van der Waals surface area contributed by atoms with Crippen molar-refractivity contribution in [1.29, 1.82) is 0 Å². The smallest absolute Gasteiger partial charge is 0.259 e. The second kappa shape index (κ2) is 6.98. The molecule has 0 radical (unpaired) electrons. The Hall–Kier alpha value is -2.80. The Kier molecular flexibility index (Phi) is 4.76. The fourth-order valence-electron chi connectivity index (χ4n) is 2.49. The van der Waals surface area contributed by atoms with E-state index in [0.29, 0.717) is 34.4 Å². The summed E-state index contributed by atoms with van der Waals surface area (Å²) in [4.78, 5) is 17.1. The summed E-state index contributed by atoms with van der Waals surface area (Å²) < 4.78 is 18.4. The van der Waals surface area contributed by atoms with Crippen LogP contribution in [0.3, 0.4) is 0 Å². The monoisotopic (exact) mass is 342 g/mol. The lowest BCUT2D eigenvalue weighted by Crippen LogP contribution is -2.37. The average Bonchev–Trinajstić information content (AvgIpc) is 3.00. The molecule has 0 aliphatic heterocycles. The van der Waals surface area contributed by atoms with Crippen molar-refractivity contribution < 1.29 is 13.7 Å². The van der Waals surface area contributed by atoms with Crippen LogP contribution in [-0.2, 0) is 0 Å². The third kappa shape index (κ3) is 3.51. The van der Waals surface area contributed by atoms with Gasteiger partial charge in [0.1, 0.15) is 5.82 Å². The number of nitrogens with one attached hydrogen (secondary N) is 2. The highest BCUT2D eigenvalue weighted by molar-refractivity contribution is 6.07. The van der Waals surface area contributed by atoms with Crippen LogP contribution in [0.4, 0.5) is 4.39 Å². The maximum Gasteiger partial charge on any atom is 0.259 e. The van der Waals surface area contributed by atoms with Crippen LogP contribution >= 0.6 is 0 Å². The van der Waals surface area contributed by atoms with E-state index in [1.54, 1.807) is 25.1 Å². The zero-order valence-electron chi connectivity index (χ0n) is 14.3. The molecule has 2 N–H and O–H groups in total. The average molecular weight is 342 g/mol. The molecule has 0 saturated heterocycles. The number of rotatable bonds is 5. The largest absolute Gasteiger partial charge is 0.350 e. The normalized spacial score (nSPS) is 12.3. The van der Waals surface area contributed by atoms with Gasteiger partial charge >= 0.3 is 0 Å². The number of amides is 1. The lowest BCUT2D eigenvalue weighted by molar-refractivity contribution is 0.0952. The summed E-state index contributed by atoms with van der Waals surface area (Å²) in [7, 11) is 1.83. The van der Waals surface area contributed by atoms with Crippen LogP contribution in [0.15, 0.2) is 34.9 Å². The lowest BCUT2D eigenvalue weighted by atomic mass is 10.0. The number of carbonyl (C=O) groups is 1. The first-order valence-corrected chi connectivity index (χ1v) is 7.98. The third-order valence-corrected chi connectivity index (χ3v) is 4.06. The molecule has 1 unspecified atom stereocenters. The molecule has 7 heteroatoms. The molecule has 0 saturated carbocycles. The molecular weight excluding hydrogens is 323 g/mol. The van der Waals surface area contributed by atoms with E-state index in [2.05, 4.69) is 20.8 Å². The molecule has 0 fully saturated rings. The highest BCUT2D eigenvalue weighted by Gasteiger charge is 2.19. The van der Waals surface area contributed by atoms with Crippen LogP contribution in [0, 0.1) is 12.7 Å². The summed E-state index contributed by atoms with van der Waals surface area (Å²) in [5.41, 5.74) is 2.53. The van der Waals surface area contributed by atoms with E-state index in [1.165, 1.54) is 12.1 Å². The molecule has 2 aromatic heterocycles. The maximum absolute atomic E-state index is 13.2. The molecule has 25 heavy (non-hydrogen) atoms. The van der Waals surface area contributed by atoms with Crippen LogP contribution in [0.1, 0.15) is 23.0 Å². The van der Waals surface area contributed by atoms with Gasteiger partial charge in [0.05, 0.1) is 22.3 Å². The Morgan fingerprint density at radius 1 is 1.32 bits per heavy atom.